The lowest BCUT2D eigenvalue weighted by molar-refractivity contribution is 0.411. The van der Waals surface area contributed by atoms with E-state index >= 15 is 0 Å². The summed E-state index contributed by atoms with van der Waals surface area (Å²) in [5.74, 6) is 0.636. The molecule has 0 spiro atoms. The maximum atomic E-state index is 12.4. The molecule has 0 bridgehead atoms. The molecule has 0 saturated carbocycles. The number of phenolic OH excluding ortho intramolecular Hbond substituents is 1. The Bertz CT molecular complexity index is 775. The van der Waals surface area contributed by atoms with Gasteiger partial charge in [0.25, 0.3) is 10.0 Å². The molecule has 0 saturated heterocycles. The number of halogens is 1. The Morgan fingerprint density at radius 1 is 1.19 bits per heavy atom. The number of hydrogen-bond donors (Lipinski definition) is 2. The summed E-state index contributed by atoms with van der Waals surface area (Å²) in [6, 6.07) is 8.93. The summed E-state index contributed by atoms with van der Waals surface area (Å²) < 4.78 is 32.8. The van der Waals surface area contributed by atoms with Crippen molar-refractivity contribution in [1.29, 1.82) is 0 Å². The fraction of sp³-hybridized carbons (Fsp3) is 0.143. The summed E-state index contributed by atoms with van der Waals surface area (Å²) in [7, 11) is -2.21. The van der Waals surface area contributed by atoms with E-state index in [1.807, 2.05) is 0 Å². The Balaban J connectivity index is 2.36. The van der Waals surface area contributed by atoms with Gasteiger partial charge in [-0.05, 0) is 64.8 Å². The molecule has 5 nitrogen and oxygen atoms in total. The first-order valence-electron chi connectivity index (χ1n) is 5.99. The molecule has 2 aromatic carbocycles. The number of benzene rings is 2. The molecule has 0 aliphatic heterocycles. The van der Waals surface area contributed by atoms with Gasteiger partial charge in [0, 0.05) is 0 Å². The third-order valence-corrected chi connectivity index (χ3v) is 4.87. The second-order valence-corrected chi connectivity index (χ2v) is 6.94. The van der Waals surface area contributed by atoms with Crippen LogP contribution in [-0.2, 0) is 10.0 Å². The van der Waals surface area contributed by atoms with Crippen molar-refractivity contribution in [3.8, 4) is 11.5 Å². The highest BCUT2D eigenvalue weighted by molar-refractivity contribution is 9.10. The van der Waals surface area contributed by atoms with E-state index in [4.69, 9.17) is 4.74 Å². The number of anilines is 1. The van der Waals surface area contributed by atoms with Crippen molar-refractivity contribution in [2.45, 2.75) is 11.8 Å². The van der Waals surface area contributed by atoms with Gasteiger partial charge < -0.3 is 9.84 Å². The summed E-state index contributed by atoms with van der Waals surface area (Å²) in [6.07, 6.45) is 0. The smallest absolute Gasteiger partial charge is 0.261 e. The minimum absolute atomic E-state index is 0.0858. The van der Waals surface area contributed by atoms with Crippen molar-refractivity contribution in [3.05, 3.63) is 46.4 Å². The maximum Gasteiger partial charge on any atom is 0.261 e. The summed E-state index contributed by atoms with van der Waals surface area (Å²) in [6.45, 7) is 1.71. The Kier molecular flexibility index (Phi) is 4.43. The average Bonchev–Trinajstić information content (AvgIpc) is 2.42. The molecule has 0 heterocycles. The van der Waals surface area contributed by atoms with Gasteiger partial charge in [-0.3, -0.25) is 4.72 Å². The van der Waals surface area contributed by atoms with Crippen LogP contribution < -0.4 is 9.46 Å². The van der Waals surface area contributed by atoms with Crippen molar-refractivity contribution in [2.75, 3.05) is 11.8 Å². The van der Waals surface area contributed by atoms with Crippen LogP contribution in [-0.4, -0.2) is 20.6 Å². The van der Waals surface area contributed by atoms with E-state index < -0.39 is 10.0 Å². The van der Waals surface area contributed by atoms with E-state index in [1.165, 1.54) is 37.4 Å². The van der Waals surface area contributed by atoms with Gasteiger partial charge in [0.05, 0.1) is 22.2 Å². The molecule has 112 valence electrons. The molecule has 0 aliphatic carbocycles. The van der Waals surface area contributed by atoms with Crippen LogP contribution in [0.5, 0.6) is 11.5 Å². The van der Waals surface area contributed by atoms with Crippen molar-refractivity contribution in [3.63, 3.8) is 0 Å². The van der Waals surface area contributed by atoms with Crippen LogP contribution in [0.15, 0.2) is 45.8 Å². The zero-order valence-corrected chi connectivity index (χ0v) is 13.8. The zero-order valence-electron chi connectivity index (χ0n) is 11.4. The first-order chi connectivity index (χ1) is 9.83. The summed E-state index contributed by atoms with van der Waals surface area (Å²) in [4.78, 5) is 0.114. The number of aryl methyl sites for hydroxylation is 1. The topological polar surface area (TPSA) is 75.6 Å². The van der Waals surface area contributed by atoms with Crippen LogP contribution in [0.2, 0.25) is 0 Å². The number of aromatic hydroxyl groups is 1. The Morgan fingerprint density at radius 3 is 2.48 bits per heavy atom. The zero-order chi connectivity index (χ0) is 15.6. The standard InChI is InChI=1S/C14H14BrNO4S/c1-9-7-10(17)3-5-13(9)16-21(18,19)11-4-6-14(20-2)12(15)8-11/h3-8,16-17H,1-2H3. The largest absolute Gasteiger partial charge is 0.508 e. The molecule has 0 amide bonds. The lowest BCUT2D eigenvalue weighted by Crippen LogP contribution is -2.13. The molecule has 0 radical (unpaired) electrons. The van der Waals surface area contributed by atoms with E-state index in [0.29, 0.717) is 21.5 Å². The SMILES string of the molecule is COc1ccc(S(=O)(=O)Nc2ccc(O)cc2C)cc1Br. The highest BCUT2D eigenvalue weighted by atomic mass is 79.9. The van der Waals surface area contributed by atoms with Crippen LogP contribution in [0.3, 0.4) is 0 Å². The second kappa shape index (κ2) is 5.95. The average molecular weight is 372 g/mol. The third kappa shape index (κ3) is 3.48. The molecule has 0 unspecified atom stereocenters. The number of methoxy groups -OCH3 is 1. The third-order valence-electron chi connectivity index (χ3n) is 2.89. The minimum atomic E-state index is -3.71. The Hall–Kier alpha value is -1.73. The molecule has 2 rings (SSSR count). The lowest BCUT2D eigenvalue weighted by atomic mass is 10.2. The number of rotatable bonds is 4. The summed E-state index contributed by atoms with van der Waals surface area (Å²) in [5.41, 5.74) is 1.05. The molecule has 7 heteroatoms. The normalized spacial score (nSPS) is 11.2. The second-order valence-electron chi connectivity index (χ2n) is 4.40. The number of nitrogens with one attached hydrogen (secondary N) is 1. The van der Waals surface area contributed by atoms with Gasteiger partial charge in [-0.25, -0.2) is 8.42 Å². The quantitative estimate of drug-likeness (QED) is 0.808. The van der Waals surface area contributed by atoms with Crippen molar-refractivity contribution in [2.24, 2.45) is 0 Å². The van der Waals surface area contributed by atoms with Gasteiger partial charge in [-0.1, -0.05) is 0 Å². The Morgan fingerprint density at radius 2 is 1.90 bits per heavy atom. The number of sulfonamides is 1. The molecule has 2 N–H and O–H groups in total. The van der Waals surface area contributed by atoms with E-state index in [-0.39, 0.29) is 10.6 Å². The van der Waals surface area contributed by atoms with Crippen LogP contribution in [0, 0.1) is 6.92 Å². The molecule has 2 aromatic rings. The van der Waals surface area contributed by atoms with Crippen LogP contribution in [0.1, 0.15) is 5.56 Å². The van der Waals surface area contributed by atoms with Crippen LogP contribution in [0.25, 0.3) is 0 Å². The van der Waals surface area contributed by atoms with Gasteiger partial charge in [0.2, 0.25) is 0 Å². The maximum absolute atomic E-state index is 12.4. The predicted molar refractivity (Wildman–Crippen MR) is 84.3 cm³/mol. The van der Waals surface area contributed by atoms with Gasteiger partial charge in [-0.2, -0.15) is 0 Å². The highest BCUT2D eigenvalue weighted by Crippen LogP contribution is 2.29. The predicted octanol–water partition coefficient (Wildman–Crippen LogP) is 3.27. The minimum Gasteiger partial charge on any atom is -0.508 e. The van der Waals surface area contributed by atoms with Gasteiger partial charge in [-0.15, -0.1) is 0 Å². The van der Waals surface area contributed by atoms with Gasteiger partial charge in [0.15, 0.2) is 0 Å². The van der Waals surface area contributed by atoms with E-state index in [9.17, 15) is 13.5 Å². The fourth-order valence-corrected chi connectivity index (χ4v) is 3.63. The number of phenols is 1. The molecule has 0 aromatic heterocycles. The van der Waals surface area contributed by atoms with E-state index in [1.54, 1.807) is 13.0 Å². The first kappa shape index (κ1) is 15.7. The van der Waals surface area contributed by atoms with Crippen LogP contribution in [0.4, 0.5) is 5.69 Å². The Labute approximate surface area is 131 Å². The van der Waals surface area contributed by atoms with Crippen molar-refractivity contribution < 1.29 is 18.3 Å². The van der Waals surface area contributed by atoms with Gasteiger partial charge in [0.1, 0.15) is 11.5 Å². The molecule has 0 aliphatic rings. The fourth-order valence-electron chi connectivity index (χ4n) is 1.78. The molecular weight excluding hydrogens is 358 g/mol. The van der Waals surface area contributed by atoms with Crippen molar-refractivity contribution in [1.82, 2.24) is 0 Å². The summed E-state index contributed by atoms with van der Waals surface area (Å²) >= 11 is 3.26. The van der Waals surface area contributed by atoms with Crippen LogP contribution >= 0.6 is 15.9 Å². The lowest BCUT2D eigenvalue weighted by Gasteiger charge is -2.12. The number of hydrogen-bond acceptors (Lipinski definition) is 4. The summed E-state index contributed by atoms with van der Waals surface area (Å²) in [5, 5.41) is 9.35. The molecule has 0 fully saturated rings. The monoisotopic (exact) mass is 371 g/mol. The van der Waals surface area contributed by atoms with E-state index in [0.717, 1.165) is 0 Å². The highest BCUT2D eigenvalue weighted by Gasteiger charge is 2.17. The molecule has 0 atom stereocenters. The van der Waals surface area contributed by atoms with E-state index in [2.05, 4.69) is 20.7 Å². The molecular formula is C14H14BrNO4S. The molecule has 21 heavy (non-hydrogen) atoms. The van der Waals surface area contributed by atoms with Gasteiger partial charge >= 0.3 is 0 Å². The van der Waals surface area contributed by atoms with Crippen molar-refractivity contribution >= 4 is 31.6 Å². The first-order valence-corrected chi connectivity index (χ1v) is 8.27. The number of ether oxygens (including phenoxy) is 1.